The van der Waals surface area contributed by atoms with Gasteiger partial charge in [-0.25, -0.2) is 18.5 Å². The minimum Gasteiger partial charge on any atom is -0.478 e. The van der Waals surface area contributed by atoms with Crippen molar-refractivity contribution in [1.29, 1.82) is 0 Å². The summed E-state index contributed by atoms with van der Waals surface area (Å²) in [6.07, 6.45) is -1.51. The molecule has 0 amide bonds. The Morgan fingerprint density at radius 1 is 1.17 bits per heavy atom. The molecule has 0 aliphatic heterocycles. The first-order chi connectivity index (χ1) is 10.3. The molecule has 3 atom stereocenters. The van der Waals surface area contributed by atoms with E-state index < -0.39 is 45.6 Å². The summed E-state index contributed by atoms with van der Waals surface area (Å²) in [6.45, 7) is 12.1. The minimum atomic E-state index is -1.49. The van der Waals surface area contributed by atoms with Crippen molar-refractivity contribution in [1.82, 2.24) is 4.72 Å². The number of hydrogen-bond donors (Lipinski definition) is 2. The van der Waals surface area contributed by atoms with Crippen molar-refractivity contribution in [2.45, 2.75) is 83.8 Å². The second kappa shape index (κ2) is 8.63. The van der Waals surface area contributed by atoms with Crippen molar-refractivity contribution >= 4 is 23.1 Å². The fraction of sp³-hybridized carbons (Fsp3) is 0.867. The largest absolute Gasteiger partial charge is 0.509 e. The Balaban J connectivity index is 5.14. The summed E-state index contributed by atoms with van der Waals surface area (Å²) in [6, 6.07) is -0.773. The molecule has 0 saturated carbocycles. The van der Waals surface area contributed by atoms with Gasteiger partial charge in [-0.1, -0.05) is 13.3 Å². The summed E-state index contributed by atoms with van der Waals surface area (Å²) in [4.78, 5) is 23.2. The number of carboxylic acids is 1. The molecule has 8 heteroatoms. The van der Waals surface area contributed by atoms with Crippen LogP contribution in [0.5, 0.6) is 0 Å². The maximum Gasteiger partial charge on any atom is 0.509 e. The third-order valence-electron chi connectivity index (χ3n) is 2.64. The summed E-state index contributed by atoms with van der Waals surface area (Å²) in [7, 11) is -1.49. The zero-order valence-corrected chi connectivity index (χ0v) is 15.8. The lowest BCUT2D eigenvalue weighted by Gasteiger charge is -2.28. The first-order valence-corrected chi connectivity index (χ1v) is 8.73. The van der Waals surface area contributed by atoms with Crippen molar-refractivity contribution in [2.75, 3.05) is 0 Å². The van der Waals surface area contributed by atoms with E-state index in [1.165, 1.54) is 0 Å². The summed E-state index contributed by atoms with van der Waals surface area (Å²) in [5.74, 6) is -1.31. The lowest BCUT2D eigenvalue weighted by Crippen LogP contribution is -2.50. The first kappa shape index (κ1) is 21.9. The molecule has 0 aromatic rings. The highest BCUT2D eigenvalue weighted by atomic mass is 32.2. The van der Waals surface area contributed by atoms with E-state index in [1.807, 2.05) is 6.92 Å². The average Bonchev–Trinajstić information content (AvgIpc) is 2.31. The van der Waals surface area contributed by atoms with Crippen molar-refractivity contribution in [3.63, 3.8) is 0 Å². The van der Waals surface area contributed by atoms with Gasteiger partial charge in [-0.3, -0.25) is 0 Å². The molecule has 136 valence electrons. The Hall–Kier alpha value is -1.15. The quantitative estimate of drug-likeness (QED) is 0.684. The van der Waals surface area contributed by atoms with Crippen LogP contribution in [0.2, 0.25) is 0 Å². The highest BCUT2D eigenvalue weighted by Gasteiger charge is 2.35. The second-order valence-electron chi connectivity index (χ2n) is 7.24. The summed E-state index contributed by atoms with van der Waals surface area (Å²) >= 11 is 0. The lowest BCUT2D eigenvalue weighted by atomic mass is 10.1. The molecule has 0 heterocycles. The number of hydrogen-bond acceptors (Lipinski definition) is 5. The molecule has 0 rings (SSSR count). The van der Waals surface area contributed by atoms with E-state index in [2.05, 4.69) is 4.72 Å². The van der Waals surface area contributed by atoms with Gasteiger partial charge in [-0.05, 0) is 48.0 Å². The molecule has 2 N–H and O–H groups in total. The Bertz CT molecular complexity index is 438. The summed E-state index contributed by atoms with van der Waals surface area (Å²) in [5, 5.41) is 9.36. The van der Waals surface area contributed by atoms with E-state index in [0.717, 1.165) is 0 Å². The predicted octanol–water partition coefficient (Wildman–Crippen LogP) is 2.61. The maximum absolute atomic E-state index is 12.2. The van der Waals surface area contributed by atoms with Crippen LogP contribution >= 0.6 is 0 Å². The molecule has 0 aliphatic carbocycles. The van der Waals surface area contributed by atoms with Crippen molar-refractivity contribution in [2.24, 2.45) is 0 Å². The van der Waals surface area contributed by atoms with Gasteiger partial charge in [-0.2, -0.15) is 0 Å². The number of aliphatic carboxylic acids is 1. The van der Waals surface area contributed by atoms with Crippen molar-refractivity contribution in [3.8, 4) is 0 Å². The molecule has 0 unspecified atom stereocenters. The van der Waals surface area contributed by atoms with Crippen LogP contribution in [0.4, 0.5) is 4.79 Å². The topological polar surface area (TPSA) is 102 Å². The van der Waals surface area contributed by atoms with Crippen LogP contribution in [-0.2, 0) is 25.3 Å². The van der Waals surface area contributed by atoms with E-state index in [0.29, 0.717) is 12.8 Å². The molecular formula is C15H29NO6S. The van der Waals surface area contributed by atoms with Crippen LogP contribution in [0.15, 0.2) is 0 Å². The Morgan fingerprint density at radius 2 is 1.70 bits per heavy atom. The molecule has 23 heavy (non-hydrogen) atoms. The Kier molecular flexibility index (Phi) is 8.20. The van der Waals surface area contributed by atoms with Crippen LogP contribution in [0, 0.1) is 0 Å². The molecule has 0 fully saturated rings. The third-order valence-corrected chi connectivity index (χ3v) is 4.27. The highest BCUT2D eigenvalue weighted by Crippen LogP contribution is 2.16. The van der Waals surface area contributed by atoms with Crippen LogP contribution in [0.1, 0.15) is 61.3 Å². The molecule has 0 aliphatic rings. The van der Waals surface area contributed by atoms with Crippen molar-refractivity contribution < 1.29 is 28.4 Å². The molecule has 0 saturated heterocycles. The van der Waals surface area contributed by atoms with E-state index >= 15 is 0 Å². The number of rotatable bonds is 7. The predicted molar refractivity (Wildman–Crippen MR) is 88.5 cm³/mol. The molecule has 7 nitrogen and oxygen atoms in total. The number of ether oxygens (including phenoxy) is 2. The monoisotopic (exact) mass is 351 g/mol. The van der Waals surface area contributed by atoms with Crippen LogP contribution in [0.25, 0.3) is 0 Å². The van der Waals surface area contributed by atoms with Crippen molar-refractivity contribution in [3.05, 3.63) is 0 Å². The van der Waals surface area contributed by atoms with Gasteiger partial charge in [0.25, 0.3) is 0 Å². The van der Waals surface area contributed by atoms with E-state index in [1.54, 1.807) is 41.5 Å². The highest BCUT2D eigenvalue weighted by molar-refractivity contribution is 7.84. The second-order valence-corrected chi connectivity index (χ2v) is 9.23. The fourth-order valence-corrected chi connectivity index (χ4v) is 2.45. The maximum atomic E-state index is 12.2. The zero-order chi connectivity index (χ0) is 18.4. The zero-order valence-electron chi connectivity index (χ0n) is 15.0. The molecule has 0 bridgehead atoms. The SMILES string of the molecule is CCC[C@H](N[S@](=O)C(C)(C)C)[C@@H](OC(=O)OC(C)(C)C)C(=O)O. The number of carboxylic acid groups (broad SMARTS) is 1. The van der Waals surface area contributed by atoms with Crippen LogP contribution in [0.3, 0.4) is 0 Å². The molecule has 0 aromatic carbocycles. The molecular weight excluding hydrogens is 322 g/mol. The van der Waals surface area contributed by atoms with Crippen LogP contribution < -0.4 is 4.72 Å². The Morgan fingerprint density at radius 3 is 2.04 bits per heavy atom. The smallest absolute Gasteiger partial charge is 0.478 e. The number of nitrogens with one attached hydrogen (secondary N) is 1. The molecule has 0 spiro atoms. The number of carbonyl (C=O) groups is 2. The van der Waals surface area contributed by atoms with Gasteiger partial charge in [0.1, 0.15) is 5.60 Å². The van der Waals surface area contributed by atoms with E-state index in [4.69, 9.17) is 9.47 Å². The van der Waals surface area contributed by atoms with Gasteiger partial charge in [-0.15, -0.1) is 0 Å². The van der Waals surface area contributed by atoms with Gasteiger partial charge < -0.3 is 14.6 Å². The third kappa shape index (κ3) is 8.90. The first-order valence-electron chi connectivity index (χ1n) is 7.58. The van der Waals surface area contributed by atoms with Gasteiger partial charge >= 0.3 is 12.1 Å². The van der Waals surface area contributed by atoms with E-state index in [-0.39, 0.29) is 0 Å². The molecule has 0 radical (unpaired) electrons. The van der Waals surface area contributed by atoms with Gasteiger partial charge in [0.2, 0.25) is 6.10 Å². The number of carbonyl (C=O) groups excluding carboxylic acids is 1. The van der Waals surface area contributed by atoms with E-state index in [9.17, 15) is 18.9 Å². The van der Waals surface area contributed by atoms with Gasteiger partial charge in [0.05, 0.1) is 21.8 Å². The fourth-order valence-electron chi connectivity index (χ4n) is 1.58. The normalized spacial score (nSPS) is 16.3. The standard InChI is InChI=1S/C15H29NO6S/c1-8-9-10(16-23(20)15(5,6)7)11(12(17)18)21-13(19)22-14(2,3)4/h10-11,16H,8-9H2,1-7H3,(H,17,18)/t10-,11+,23+/m0/s1. The van der Waals surface area contributed by atoms with Crippen LogP contribution in [-0.4, -0.2) is 43.9 Å². The Labute approximate surface area is 140 Å². The molecule has 0 aromatic heterocycles. The summed E-state index contributed by atoms with van der Waals surface area (Å²) in [5.41, 5.74) is -0.790. The summed E-state index contributed by atoms with van der Waals surface area (Å²) < 4.78 is 24.4. The lowest BCUT2D eigenvalue weighted by molar-refractivity contribution is -0.151. The van der Waals surface area contributed by atoms with Gasteiger partial charge in [0.15, 0.2) is 0 Å². The average molecular weight is 351 g/mol. The minimum absolute atomic E-state index is 0.390. The van der Waals surface area contributed by atoms with Gasteiger partial charge in [0, 0.05) is 0 Å².